The van der Waals surface area contributed by atoms with Gasteiger partial charge >= 0.3 is 0 Å². The van der Waals surface area contributed by atoms with Gasteiger partial charge in [0.2, 0.25) is 0 Å². The Kier molecular flexibility index (Phi) is 3.08. The number of benzene rings is 1. The van der Waals surface area contributed by atoms with Gasteiger partial charge in [0.15, 0.2) is 0 Å². The van der Waals surface area contributed by atoms with E-state index >= 15 is 0 Å². The molecule has 96 valence electrons. The Hall–Kier alpha value is -1.35. The minimum atomic E-state index is 0.848. The molecule has 1 aliphatic rings. The van der Waals surface area contributed by atoms with Gasteiger partial charge in [-0.2, -0.15) is 5.10 Å². The summed E-state index contributed by atoms with van der Waals surface area (Å²) in [5.41, 5.74) is 3.84. The number of piperidine rings is 1. The first-order chi connectivity index (χ1) is 8.74. The molecule has 1 saturated heterocycles. The summed E-state index contributed by atoms with van der Waals surface area (Å²) in [6, 6.07) is 6.82. The number of nitrogens with zero attached hydrogens (tertiary/aromatic N) is 2. The minimum absolute atomic E-state index is 0.848. The van der Waals surface area contributed by atoms with Gasteiger partial charge in [-0.1, -0.05) is 6.07 Å². The molecule has 0 bridgehead atoms. The molecular formula is C15H21N3. The van der Waals surface area contributed by atoms with E-state index in [2.05, 4.69) is 35.5 Å². The van der Waals surface area contributed by atoms with Crippen LogP contribution in [0.5, 0.6) is 0 Å². The standard InChI is InChI=1S/C15H21N3/c1-11-14-10-13(3-4-15(14)18(2)17-11)9-12-5-7-16-8-6-12/h3-4,10,12,16H,5-9H2,1-2H3. The van der Waals surface area contributed by atoms with Crippen LogP contribution < -0.4 is 5.32 Å². The van der Waals surface area contributed by atoms with Crippen LogP contribution in [0.1, 0.15) is 24.1 Å². The molecule has 2 heterocycles. The summed E-state index contributed by atoms with van der Waals surface area (Å²) in [6.07, 6.45) is 3.83. The number of fused-ring (bicyclic) bond motifs is 1. The molecule has 0 atom stereocenters. The van der Waals surface area contributed by atoms with Gasteiger partial charge in [-0.25, -0.2) is 0 Å². The first kappa shape index (κ1) is 11.7. The molecular weight excluding hydrogens is 222 g/mol. The summed E-state index contributed by atoms with van der Waals surface area (Å²) in [5.74, 6) is 0.848. The molecule has 0 radical (unpaired) electrons. The smallest absolute Gasteiger partial charge is 0.0682 e. The highest BCUT2D eigenvalue weighted by Crippen LogP contribution is 2.23. The maximum Gasteiger partial charge on any atom is 0.0682 e. The lowest BCUT2D eigenvalue weighted by Gasteiger charge is -2.22. The quantitative estimate of drug-likeness (QED) is 0.878. The molecule has 3 heteroatoms. The number of hydrogen-bond acceptors (Lipinski definition) is 2. The van der Waals surface area contributed by atoms with E-state index < -0.39 is 0 Å². The molecule has 18 heavy (non-hydrogen) atoms. The SMILES string of the molecule is Cc1nn(C)c2ccc(CC3CCNCC3)cc12. The third-order valence-corrected chi connectivity index (χ3v) is 4.08. The lowest BCUT2D eigenvalue weighted by molar-refractivity contribution is 0.373. The van der Waals surface area contributed by atoms with Crippen molar-refractivity contribution in [3.05, 3.63) is 29.5 Å². The van der Waals surface area contributed by atoms with E-state index in [0.717, 1.165) is 11.6 Å². The predicted octanol–water partition coefficient (Wildman–Crippen LogP) is 2.42. The summed E-state index contributed by atoms with van der Waals surface area (Å²) in [4.78, 5) is 0. The van der Waals surface area contributed by atoms with Gasteiger partial charge in [0.1, 0.15) is 0 Å². The van der Waals surface area contributed by atoms with Crippen LogP contribution in [-0.4, -0.2) is 22.9 Å². The molecule has 1 aromatic carbocycles. The third kappa shape index (κ3) is 2.15. The summed E-state index contributed by atoms with van der Waals surface area (Å²) in [7, 11) is 2.02. The molecule has 3 nitrogen and oxygen atoms in total. The molecule has 0 amide bonds. The highest BCUT2D eigenvalue weighted by molar-refractivity contribution is 5.82. The highest BCUT2D eigenvalue weighted by atomic mass is 15.3. The molecule has 2 aromatic rings. The molecule has 1 aromatic heterocycles. The van der Waals surface area contributed by atoms with Crippen molar-refractivity contribution >= 4 is 10.9 Å². The van der Waals surface area contributed by atoms with Crippen molar-refractivity contribution in [2.24, 2.45) is 13.0 Å². The van der Waals surface area contributed by atoms with E-state index in [1.807, 2.05) is 11.7 Å². The zero-order valence-corrected chi connectivity index (χ0v) is 11.2. The molecule has 1 fully saturated rings. The number of hydrogen-bond donors (Lipinski definition) is 1. The van der Waals surface area contributed by atoms with Crippen LogP contribution in [0.3, 0.4) is 0 Å². The van der Waals surface area contributed by atoms with Gasteiger partial charge in [0.05, 0.1) is 11.2 Å². The van der Waals surface area contributed by atoms with Gasteiger partial charge in [0.25, 0.3) is 0 Å². The maximum atomic E-state index is 4.48. The van der Waals surface area contributed by atoms with Crippen molar-refractivity contribution in [2.45, 2.75) is 26.2 Å². The average Bonchev–Trinajstić information content (AvgIpc) is 2.66. The molecule has 0 spiro atoms. The minimum Gasteiger partial charge on any atom is -0.317 e. The normalized spacial score (nSPS) is 17.4. The molecule has 1 N–H and O–H groups in total. The van der Waals surface area contributed by atoms with Crippen LogP contribution in [-0.2, 0) is 13.5 Å². The van der Waals surface area contributed by atoms with Gasteiger partial charge in [0, 0.05) is 12.4 Å². The van der Waals surface area contributed by atoms with Crippen LogP contribution in [0.2, 0.25) is 0 Å². The van der Waals surface area contributed by atoms with Gasteiger partial charge in [-0.15, -0.1) is 0 Å². The Balaban J connectivity index is 1.86. The van der Waals surface area contributed by atoms with E-state index in [0.29, 0.717) is 0 Å². The van der Waals surface area contributed by atoms with E-state index in [4.69, 9.17) is 0 Å². The fraction of sp³-hybridized carbons (Fsp3) is 0.533. The summed E-state index contributed by atoms with van der Waals surface area (Å²) >= 11 is 0. The summed E-state index contributed by atoms with van der Waals surface area (Å²) in [6.45, 7) is 4.45. The van der Waals surface area contributed by atoms with Crippen LogP contribution in [0, 0.1) is 12.8 Å². The first-order valence-corrected chi connectivity index (χ1v) is 6.87. The van der Waals surface area contributed by atoms with Crippen LogP contribution in [0.25, 0.3) is 10.9 Å². The average molecular weight is 243 g/mol. The molecule has 0 unspecified atom stereocenters. The molecule has 0 saturated carbocycles. The van der Waals surface area contributed by atoms with E-state index in [1.165, 1.54) is 48.8 Å². The fourth-order valence-electron chi connectivity index (χ4n) is 3.03. The van der Waals surface area contributed by atoms with Gasteiger partial charge in [-0.3, -0.25) is 4.68 Å². The summed E-state index contributed by atoms with van der Waals surface area (Å²) in [5, 5.41) is 9.22. The fourth-order valence-corrected chi connectivity index (χ4v) is 3.03. The maximum absolute atomic E-state index is 4.48. The van der Waals surface area contributed by atoms with Crippen molar-refractivity contribution in [1.82, 2.24) is 15.1 Å². The topological polar surface area (TPSA) is 29.9 Å². The van der Waals surface area contributed by atoms with E-state index in [1.54, 1.807) is 0 Å². The molecule has 3 rings (SSSR count). The lowest BCUT2D eigenvalue weighted by Crippen LogP contribution is -2.28. The zero-order chi connectivity index (χ0) is 12.5. The third-order valence-electron chi connectivity index (χ3n) is 4.08. The van der Waals surface area contributed by atoms with E-state index in [-0.39, 0.29) is 0 Å². The second-order valence-electron chi connectivity index (χ2n) is 5.46. The second-order valence-corrected chi connectivity index (χ2v) is 5.46. The second kappa shape index (κ2) is 4.73. The monoisotopic (exact) mass is 243 g/mol. The highest BCUT2D eigenvalue weighted by Gasteiger charge is 2.14. The first-order valence-electron chi connectivity index (χ1n) is 6.87. The van der Waals surface area contributed by atoms with Gasteiger partial charge in [-0.05, 0) is 62.9 Å². The largest absolute Gasteiger partial charge is 0.317 e. The zero-order valence-electron chi connectivity index (χ0n) is 11.2. The van der Waals surface area contributed by atoms with Crippen LogP contribution in [0.15, 0.2) is 18.2 Å². The van der Waals surface area contributed by atoms with Crippen molar-refractivity contribution < 1.29 is 0 Å². The Morgan fingerprint density at radius 1 is 1.33 bits per heavy atom. The van der Waals surface area contributed by atoms with Gasteiger partial charge < -0.3 is 5.32 Å². The Morgan fingerprint density at radius 2 is 2.11 bits per heavy atom. The summed E-state index contributed by atoms with van der Waals surface area (Å²) < 4.78 is 1.97. The molecule has 1 aliphatic heterocycles. The van der Waals surface area contributed by atoms with Crippen LogP contribution in [0.4, 0.5) is 0 Å². The number of aryl methyl sites for hydroxylation is 2. The Morgan fingerprint density at radius 3 is 2.89 bits per heavy atom. The Labute approximate surface area is 108 Å². The van der Waals surface area contributed by atoms with Crippen molar-refractivity contribution in [3.8, 4) is 0 Å². The van der Waals surface area contributed by atoms with Crippen molar-refractivity contribution in [3.63, 3.8) is 0 Å². The van der Waals surface area contributed by atoms with Crippen LogP contribution >= 0.6 is 0 Å². The Bertz CT molecular complexity index is 550. The van der Waals surface area contributed by atoms with E-state index in [9.17, 15) is 0 Å². The number of rotatable bonds is 2. The number of nitrogens with one attached hydrogen (secondary N) is 1. The molecule has 0 aliphatic carbocycles. The van der Waals surface area contributed by atoms with Crippen molar-refractivity contribution in [2.75, 3.05) is 13.1 Å². The lowest BCUT2D eigenvalue weighted by atomic mass is 9.90. The predicted molar refractivity (Wildman–Crippen MR) is 74.7 cm³/mol. The number of aromatic nitrogens is 2. The van der Waals surface area contributed by atoms with Crippen molar-refractivity contribution in [1.29, 1.82) is 0 Å².